The molecule has 0 heterocycles. The predicted molar refractivity (Wildman–Crippen MR) is 123 cm³/mol. The number of ketones is 1. The summed E-state index contributed by atoms with van der Waals surface area (Å²) < 4.78 is 16.5. The summed E-state index contributed by atoms with van der Waals surface area (Å²) in [7, 11) is 0. The van der Waals surface area contributed by atoms with Gasteiger partial charge in [0, 0.05) is 32.6 Å². The Hall–Kier alpha value is -2.18. The lowest BCUT2D eigenvalue weighted by Gasteiger charge is -2.59. The Morgan fingerprint density at radius 3 is 2.26 bits per heavy atom. The van der Waals surface area contributed by atoms with Gasteiger partial charge in [-0.05, 0) is 68.1 Å². The molecule has 0 aliphatic heterocycles. The molecule has 188 valence electrons. The van der Waals surface area contributed by atoms with Crippen LogP contribution >= 0.6 is 0 Å². The summed E-state index contributed by atoms with van der Waals surface area (Å²) in [5.74, 6) is -0.382. The number of carbonyl (C=O) groups excluding carboxylic acids is 4. The summed E-state index contributed by atoms with van der Waals surface area (Å²) >= 11 is 0. The fraction of sp³-hybridized carbons (Fsp3) is 0.778. The number of hydrogen-bond donors (Lipinski definition) is 0. The molecule has 3 fully saturated rings. The number of carbonyl (C=O) groups is 4. The average Bonchev–Trinajstić information content (AvgIpc) is 3.04. The first-order chi connectivity index (χ1) is 15.9. The van der Waals surface area contributed by atoms with Crippen molar-refractivity contribution in [2.45, 2.75) is 97.7 Å². The largest absolute Gasteiger partial charge is 0.462 e. The summed E-state index contributed by atoms with van der Waals surface area (Å²) in [6.07, 6.45) is 8.93. The van der Waals surface area contributed by atoms with Crippen molar-refractivity contribution in [1.29, 1.82) is 0 Å². The summed E-state index contributed by atoms with van der Waals surface area (Å²) in [6.45, 7) is 8.20. The van der Waals surface area contributed by atoms with Crippen LogP contribution in [0.5, 0.6) is 0 Å². The third-order valence-corrected chi connectivity index (χ3v) is 9.69. The van der Waals surface area contributed by atoms with Gasteiger partial charge in [-0.3, -0.25) is 19.2 Å². The highest BCUT2D eigenvalue weighted by molar-refractivity contribution is 5.93. The van der Waals surface area contributed by atoms with Gasteiger partial charge in [0.15, 0.2) is 12.2 Å². The van der Waals surface area contributed by atoms with Crippen LogP contribution in [0.2, 0.25) is 0 Å². The monoisotopic (exact) mass is 474 g/mol. The maximum absolute atomic E-state index is 13.4. The minimum absolute atomic E-state index is 0.0378. The van der Waals surface area contributed by atoms with Crippen molar-refractivity contribution in [2.75, 3.05) is 6.61 Å². The molecule has 7 atom stereocenters. The van der Waals surface area contributed by atoms with Crippen LogP contribution < -0.4 is 0 Å². The van der Waals surface area contributed by atoms with Gasteiger partial charge in [-0.25, -0.2) is 0 Å². The molecule has 4 unspecified atom stereocenters. The number of Topliss-reactive ketones (excluding diaryl/α,β-unsaturated/α-hetero) is 1. The van der Waals surface area contributed by atoms with Crippen LogP contribution in [0.4, 0.5) is 0 Å². The van der Waals surface area contributed by atoms with Crippen LogP contribution in [-0.4, -0.2) is 42.0 Å². The second kappa shape index (κ2) is 8.80. The Morgan fingerprint density at radius 2 is 1.62 bits per heavy atom. The smallest absolute Gasteiger partial charge is 0.303 e. The van der Waals surface area contributed by atoms with Gasteiger partial charge in [0.1, 0.15) is 6.10 Å². The van der Waals surface area contributed by atoms with E-state index in [1.807, 2.05) is 0 Å². The van der Waals surface area contributed by atoms with Crippen molar-refractivity contribution in [3.8, 4) is 0 Å². The molecule has 4 aliphatic rings. The zero-order valence-electron chi connectivity index (χ0n) is 21.1. The van der Waals surface area contributed by atoms with E-state index in [0.29, 0.717) is 18.3 Å². The molecular weight excluding hydrogens is 436 g/mol. The molecule has 0 radical (unpaired) electrons. The minimum atomic E-state index is -1.25. The predicted octanol–water partition coefficient (Wildman–Crippen LogP) is 4.32. The fourth-order valence-electron chi connectivity index (χ4n) is 8.17. The number of fused-ring (bicyclic) bond motifs is 5. The SMILES string of the molecule is CC(=O)OCC(=O)[C@@]1(OC(C)=O)CCC2C3CC=C4CC(OC(C)=O)CC[C@]4(C)C3CC[C@@]21C. The van der Waals surface area contributed by atoms with E-state index in [9.17, 15) is 19.2 Å². The first kappa shape index (κ1) is 24.9. The Bertz CT molecular complexity index is 922. The van der Waals surface area contributed by atoms with Gasteiger partial charge in [0.2, 0.25) is 5.78 Å². The van der Waals surface area contributed by atoms with E-state index in [4.69, 9.17) is 14.2 Å². The molecule has 4 rings (SSSR count). The van der Waals surface area contributed by atoms with Crippen molar-refractivity contribution in [3.05, 3.63) is 11.6 Å². The maximum atomic E-state index is 13.4. The van der Waals surface area contributed by atoms with E-state index in [-0.39, 0.29) is 35.8 Å². The van der Waals surface area contributed by atoms with Gasteiger partial charge in [0.25, 0.3) is 0 Å². The van der Waals surface area contributed by atoms with Gasteiger partial charge < -0.3 is 14.2 Å². The summed E-state index contributed by atoms with van der Waals surface area (Å²) in [4.78, 5) is 48.5. The molecule has 0 N–H and O–H groups in total. The van der Waals surface area contributed by atoms with Crippen molar-refractivity contribution in [1.82, 2.24) is 0 Å². The van der Waals surface area contributed by atoms with Crippen LogP contribution in [-0.2, 0) is 33.4 Å². The molecular formula is C27H38O7. The molecule has 0 bridgehead atoms. The Balaban J connectivity index is 1.62. The molecule has 4 aliphatic carbocycles. The van der Waals surface area contributed by atoms with Crippen LogP contribution in [0.1, 0.15) is 86.0 Å². The minimum Gasteiger partial charge on any atom is -0.462 e. The molecule has 0 aromatic rings. The second-order valence-corrected chi connectivity index (χ2v) is 11.4. The standard InChI is InChI=1S/C27H38O7/c1-16(28)32-15-24(31)27(34-18(3)30)13-10-23-21-7-6-19-14-20(33-17(2)29)8-11-25(19,4)22(21)9-12-26(23,27)5/h6,20-23H,7-15H2,1-5H3/t20?,21?,22?,23?,25-,26-,27-/m0/s1. The molecule has 0 aromatic heterocycles. The van der Waals surface area contributed by atoms with Gasteiger partial charge in [-0.1, -0.05) is 25.5 Å². The fourth-order valence-corrected chi connectivity index (χ4v) is 8.17. The van der Waals surface area contributed by atoms with E-state index in [1.165, 1.54) is 26.3 Å². The molecule has 34 heavy (non-hydrogen) atoms. The maximum Gasteiger partial charge on any atom is 0.303 e. The highest BCUT2D eigenvalue weighted by atomic mass is 16.6. The Labute approximate surface area is 202 Å². The number of esters is 3. The van der Waals surface area contributed by atoms with Crippen LogP contribution in [0.15, 0.2) is 11.6 Å². The lowest BCUT2D eigenvalue weighted by molar-refractivity contribution is -0.190. The van der Waals surface area contributed by atoms with E-state index >= 15 is 0 Å². The summed E-state index contributed by atoms with van der Waals surface area (Å²) in [5, 5.41) is 0. The lowest BCUT2D eigenvalue weighted by Crippen LogP contribution is -2.59. The average molecular weight is 475 g/mol. The van der Waals surface area contributed by atoms with Gasteiger partial charge >= 0.3 is 17.9 Å². The topological polar surface area (TPSA) is 96.0 Å². The third kappa shape index (κ3) is 3.89. The quantitative estimate of drug-likeness (QED) is 0.333. The van der Waals surface area contributed by atoms with Gasteiger partial charge in [-0.15, -0.1) is 0 Å². The molecule has 3 saturated carbocycles. The zero-order chi connectivity index (χ0) is 24.9. The van der Waals surface area contributed by atoms with E-state index in [0.717, 1.165) is 44.9 Å². The third-order valence-electron chi connectivity index (χ3n) is 9.69. The van der Waals surface area contributed by atoms with Crippen molar-refractivity contribution in [3.63, 3.8) is 0 Å². The van der Waals surface area contributed by atoms with Gasteiger partial charge in [-0.2, -0.15) is 0 Å². The Morgan fingerprint density at radius 1 is 0.912 bits per heavy atom. The van der Waals surface area contributed by atoms with E-state index in [2.05, 4.69) is 19.9 Å². The van der Waals surface area contributed by atoms with Crippen LogP contribution in [0, 0.1) is 28.6 Å². The first-order valence-corrected chi connectivity index (χ1v) is 12.7. The van der Waals surface area contributed by atoms with Crippen molar-refractivity contribution < 1.29 is 33.4 Å². The van der Waals surface area contributed by atoms with Gasteiger partial charge in [0.05, 0.1) is 0 Å². The highest BCUT2D eigenvalue weighted by Crippen LogP contribution is 2.68. The van der Waals surface area contributed by atoms with Crippen molar-refractivity contribution in [2.24, 2.45) is 28.6 Å². The summed E-state index contributed by atoms with van der Waals surface area (Å²) in [5.41, 5.74) is -0.268. The van der Waals surface area contributed by atoms with Crippen LogP contribution in [0.25, 0.3) is 0 Å². The van der Waals surface area contributed by atoms with Crippen LogP contribution in [0.3, 0.4) is 0 Å². The molecule has 7 heteroatoms. The molecule has 0 saturated heterocycles. The number of ether oxygens (including phenoxy) is 3. The second-order valence-electron chi connectivity index (χ2n) is 11.4. The Kier molecular flexibility index (Phi) is 6.45. The number of rotatable bonds is 5. The normalized spacial score (nSPS) is 40.7. The van der Waals surface area contributed by atoms with Crippen molar-refractivity contribution >= 4 is 23.7 Å². The number of hydrogen-bond acceptors (Lipinski definition) is 7. The first-order valence-electron chi connectivity index (χ1n) is 12.7. The summed E-state index contributed by atoms with van der Waals surface area (Å²) in [6, 6.07) is 0. The van der Waals surface area contributed by atoms with E-state index in [1.54, 1.807) is 0 Å². The number of allylic oxidation sites excluding steroid dienone is 1. The molecule has 0 aromatic carbocycles. The van der Waals surface area contributed by atoms with E-state index < -0.39 is 23.0 Å². The highest BCUT2D eigenvalue weighted by Gasteiger charge is 2.68. The lowest BCUT2D eigenvalue weighted by atomic mass is 9.46. The molecule has 7 nitrogen and oxygen atoms in total. The zero-order valence-corrected chi connectivity index (χ0v) is 21.1. The molecule has 0 amide bonds. The molecule has 0 spiro atoms.